The van der Waals surface area contributed by atoms with Crippen LogP contribution in [0, 0.1) is 0 Å². The number of rotatable bonds is 3. The van der Waals surface area contributed by atoms with Gasteiger partial charge in [-0.25, -0.2) is 8.42 Å². The molecule has 0 spiro atoms. The number of halogens is 1. The summed E-state index contributed by atoms with van der Waals surface area (Å²) in [5, 5.41) is 0. The molecule has 2 rings (SSSR count). The zero-order valence-electron chi connectivity index (χ0n) is 10.2. The summed E-state index contributed by atoms with van der Waals surface area (Å²) in [5.74, 6) is 0. The number of nitrogens with two attached hydrogens (primary N) is 1. The first-order chi connectivity index (χ1) is 8.14. The second kappa shape index (κ2) is 6.52. The molecule has 0 radical (unpaired) electrons. The number of nitrogens with zero attached hydrogens (tertiary/aromatic N) is 1. The molecule has 0 unspecified atom stereocenters. The molecular weight excluding hydrogens is 272 g/mol. The van der Waals surface area contributed by atoms with Crippen molar-refractivity contribution in [3.05, 3.63) is 29.8 Å². The van der Waals surface area contributed by atoms with Crippen LogP contribution >= 0.6 is 12.4 Å². The Hall–Kier alpha value is -0.620. The van der Waals surface area contributed by atoms with E-state index in [9.17, 15) is 8.42 Å². The summed E-state index contributed by atoms with van der Waals surface area (Å²) in [6.07, 6.45) is 3.04. The van der Waals surface area contributed by atoms with Crippen molar-refractivity contribution in [1.29, 1.82) is 0 Å². The van der Waals surface area contributed by atoms with Crippen LogP contribution in [0.15, 0.2) is 29.2 Å². The molecular formula is C12H19ClN2O2S. The van der Waals surface area contributed by atoms with Crippen molar-refractivity contribution in [3.8, 4) is 0 Å². The fourth-order valence-electron chi connectivity index (χ4n) is 2.05. The first-order valence-corrected chi connectivity index (χ1v) is 7.38. The molecule has 0 aromatic heterocycles. The second-order valence-electron chi connectivity index (χ2n) is 4.31. The van der Waals surface area contributed by atoms with Crippen LogP contribution in [0.25, 0.3) is 0 Å². The summed E-state index contributed by atoms with van der Waals surface area (Å²) in [6.45, 7) is 1.71. The Labute approximate surface area is 115 Å². The third-order valence-electron chi connectivity index (χ3n) is 3.11. The van der Waals surface area contributed by atoms with Crippen molar-refractivity contribution in [2.45, 2.75) is 30.7 Å². The van der Waals surface area contributed by atoms with E-state index >= 15 is 0 Å². The zero-order valence-corrected chi connectivity index (χ0v) is 11.8. The van der Waals surface area contributed by atoms with Crippen LogP contribution in [0.3, 0.4) is 0 Å². The van der Waals surface area contributed by atoms with E-state index in [0.717, 1.165) is 24.8 Å². The lowest BCUT2D eigenvalue weighted by Gasteiger charge is -2.25. The minimum absolute atomic E-state index is 0. The number of sulfonamides is 1. The normalized spacial score (nSPS) is 17.2. The van der Waals surface area contributed by atoms with Crippen LogP contribution in [0.4, 0.5) is 0 Å². The highest BCUT2D eigenvalue weighted by molar-refractivity contribution is 7.89. The van der Waals surface area contributed by atoms with Crippen LogP contribution in [-0.2, 0) is 16.6 Å². The summed E-state index contributed by atoms with van der Waals surface area (Å²) in [6, 6.07) is 6.84. The van der Waals surface area contributed by atoms with Gasteiger partial charge in [-0.3, -0.25) is 0 Å². The van der Waals surface area contributed by atoms with Crippen LogP contribution in [0.5, 0.6) is 0 Å². The van der Waals surface area contributed by atoms with E-state index in [1.807, 2.05) is 0 Å². The highest BCUT2D eigenvalue weighted by Crippen LogP contribution is 2.20. The maximum absolute atomic E-state index is 12.3. The quantitative estimate of drug-likeness (QED) is 0.922. The van der Waals surface area contributed by atoms with E-state index in [4.69, 9.17) is 5.73 Å². The zero-order chi connectivity index (χ0) is 12.3. The van der Waals surface area contributed by atoms with Crippen molar-refractivity contribution < 1.29 is 8.42 Å². The summed E-state index contributed by atoms with van der Waals surface area (Å²) >= 11 is 0. The standard InChI is InChI=1S/C12H18N2O2S.ClH/c13-10-11-4-6-12(7-5-11)17(15,16)14-8-2-1-3-9-14;/h4-7H,1-3,8-10,13H2;1H. The van der Waals surface area contributed by atoms with Crippen LogP contribution in [-0.4, -0.2) is 25.8 Å². The topological polar surface area (TPSA) is 63.4 Å². The first kappa shape index (κ1) is 15.4. The summed E-state index contributed by atoms with van der Waals surface area (Å²) in [7, 11) is -3.29. The first-order valence-electron chi connectivity index (χ1n) is 5.94. The predicted octanol–water partition coefficient (Wildman–Crippen LogP) is 1.74. The Kier molecular flexibility index (Phi) is 5.59. The van der Waals surface area contributed by atoms with Gasteiger partial charge in [0.2, 0.25) is 10.0 Å². The van der Waals surface area contributed by atoms with E-state index < -0.39 is 10.0 Å². The van der Waals surface area contributed by atoms with Crippen molar-refractivity contribution in [2.24, 2.45) is 5.73 Å². The lowest BCUT2D eigenvalue weighted by atomic mass is 10.2. The lowest BCUT2D eigenvalue weighted by Crippen LogP contribution is -2.35. The molecule has 2 N–H and O–H groups in total. The minimum Gasteiger partial charge on any atom is -0.326 e. The lowest BCUT2D eigenvalue weighted by molar-refractivity contribution is 0.346. The van der Waals surface area contributed by atoms with Crippen LogP contribution in [0.2, 0.25) is 0 Å². The minimum atomic E-state index is -3.29. The van der Waals surface area contributed by atoms with Crippen molar-refractivity contribution in [2.75, 3.05) is 13.1 Å². The van der Waals surface area contributed by atoms with Crippen LogP contribution < -0.4 is 5.73 Å². The third-order valence-corrected chi connectivity index (χ3v) is 5.02. The monoisotopic (exact) mass is 290 g/mol. The van der Waals surface area contributed by atoms with Crippen molar-refractivity contribution in [3.63, 3.8) is 0 Å². The van der Waals surface area contributed by atoms with E-state index in [1.165, 1.54) is 0 Å². The van der Waals surface area contributed by atoms with Gasteiger partial charge in [0.15, 0.2) is 0 Å². The van der Waals surface area contributed by atoms with Gasteiger partial charge in [0.25, 0.3) is 0 Å². The highest BCUT2D eigenvalue weighted by atomic mass is 35.5. The van der Waals surface area contributed by atoms with Gasteiger partial charge in [-0.15, -0.1) is 12.4 Å². The number of hydrogen-bond donors (Lipinski definition) is 1. The Morgan fingerprint density at radius 1 is 1.06 bits per heavy atom. The van der Waals surface area contributed by atoms with Gasteiger partial charge in [-0.2, -0.15) is 4.31 Å². The summed E-state index contributed by atoms with van der Waals surface area (Å²) in [5.41, 5.74) is 6.44. The Morgan fingerprint density at radius 3 is 2.11 bits per heavy atom. The van der Waals surface area contributed by atoms with Gasteiger partial charge in [0.05, 0.1) is 4.90 Å². The molecule has 6 heteroatoms. The average molecular weight is 291 g/mol. The smallest absolute Gasteiger partial charge is 0.243 e. The molecule has 1 aromatic carbocycles. The van der Waals surface area contributed by atoms with Crippen LogP contribution in [0.1, 0.15) is 24.8 Å². The number of benzene rings is 1. The molecule has 0 amide bonds. The molecule has 0 saturated carbocycles. The highest BCUT2D eigenvalue weighted by Gasteiger charge is 2.25. The number of piperidine rings is 1. The molecule has 1 aliphatic rings. The maximum atomic E-state index is 12.3. The van der Waals surface area contributed by atoms with Crippen molar-refractivity contribution in [1.82, 2.24) is 4.31 Å². The molecule has 0 aliphatic carbocycles. The Bertz CT molecular complexity index is 467. The molecule has 0 atom stereocenters. The van der Waals surface area contributed by atoms with Gasteiger partial charge in [-0.05, 0) is 30.5 Å². The third kappa shape index (κ3) is 3.23. The second-order valence-corrected chi connectivity index (χ2v) is 6.25. The van der Waals surface area contributed by atoms with E-state index in [-0.39, 0.29) is 12.4 Å². The fraction of sp³-hybridized carbons (Fsp3) is 0.500. The van der Waals surface area contributed by atoms with Gasteiger partial charge in [0, 0.05) is 19.6 Å². The molecule has 1 heterocycles. The van der Waals surface area contributed by atoms with E-state index in [2.05, 4.69) is 0 Å². The van der Waals surface area contributed by atoms with Gasteiger partial charge in [-0.1, -0.05) is 18.6 Å². The fourth-order valence-corrected chi connectivity index (χ4v) is 3.57. The molecule has 102 valence electrons. The Morgan fingerprint density at radius 2 is 1.61 bits per heavy atom. The summed E-state index contributed by atoms with van der Waals surface area (Å²) in [4.78, 5) is 0.372. The van der Waals surface area contributed by atoms with Gasteiger partial charge >= 0.3 is 0 Å². The van der Waals surface area contributed by atoms with E-state index in [0.29, 0.717) is 24.5 Å². The molecule has 18 heavy (non-hydrogen) atoms. The molecule has 4 nitrogen and oxygen atoms in total. The SMILES string of the molecule is Cl.NCc1ccc(S(=O)(=O)N2CCCCC2)cc1. The van der Waals surface area contributed by atoms with Gasteiger partial charge < -0.3 is 5.73 Å². The Balaban J connectivity index is 0.00000162. The molecule has 0 bridgehead atoms. The van der Waals surface area contributed by atoms with Crippen molar-refractivity contribution >= 4 is 22.4 Å². The van der Waals surface area contributed by atoms with E-state index in [1.54, 1.807) is 28.6 Å². The summed E-state index contributed by atoms with van der Waals surface area (Å²) < 4.78 is 26.1. The molecule has 1 fully saturated rings. The predicted molar refractivity (Wildman–Crippen MR) is 74.2 cm³/mol. The largest absolute Gasteiger partial charge is 0.326 e. The number of hydrogen-bond acceptors (Lipinski definition) is 3. The molecule has 1 saturated heterocycles. The molecule has 1 aliphatic heterocycles. The maximum Gasteiger partial charge on any atom is 0.243 e. The molecule has 1 aromatic rings. The van der Waals surface area contributed by atoms with Gasteiger partial charge in [0.1, 0.15) is 0 Å². The average Bonchev–Trinajstić information content (AvgIpc) is 2.40.